The number of hydrogen-bond donors (Lipinski definition) is 0. The Morgan fingerprint density at radius 3 is 1.74 bits per heavy atom. The molecule has 3 nitrogen and oxygen atoms in total. The Morgan fingerprint density at radius 1 is 0.711 bits per heavy atom. The zero-order chi connectivity index (χ0) is 27.9. The van der Waals surface area contributed by atoms with E-state index in [1.54, 1.807) is 20.0 Å². The van der Waals surface area contributed by atoms with Crippen molar-refractivity contribution in [1.82, 2.24) is 15.0 Å². The summed E-state index contributed by atoms with van der Waals surface area (Å²) in [6, 6.07) is 7.68. The van der Waals surface area contributed by atoms with E-state index in [0.717, 1.165) is 29.5 Å². The quantitative estimate of drug-likeness (QED) is 0.154. The van der Waals surface area contributed by atoms with Gasteiger partial charge in [-0.2, -0.15) is 0 Å². The van der Waals surface area contributed by atoms with Gasteiger partial charge in [-0.1, -0.05) is 48.7 Å². The van der Waals surface area contributed by atoms with E-state index in [9.17, 15) is 17.6 Å². The van der Waals surface area contributed by atoms with E-state index in [0.29, 0.717) is 22.7 Å². The first-order chi connectivity index (χ1) is 17.9. The molecule has 38 heavy (non-hydrogen) atoms. The number of aromatic nitrogens is 3. The number of pyridine rings is 3. The second kappa shape index (κ2) is 11.0. The summed E-state index contributed by atoms with van der Waals surface area (Å²) < 4.78 is 53.8. The number of rotatable bonds is 2. The van der Waals surface area contributed by atoms with Gasteiger partial charge in [-0.05, 0) is 37.5 Å². The molecule has 0 atom stereocenters. The molecule has 0 bridgehead atoms. The van der Waals surface area contributed by atoms with Crippen molar-refractivity contribution in [1.29, 1.82) is 0 Å². The van der Waals surface area contributed by atoms with E-state index >= 15 is 0 Å². The molecule has 0 radical (unpaired) electrons. The Bertz CT molecular complexity index is 1690. The standard InChI is InChI=1S/C18H15ClF2N2.C10H5Cl2F2N/c1-9(2)14-5-4-11(8-22-14)18-10(3)17(19)16-13(21)6-12(20)7-15(16)23-18;1-4-9(11)8-6(14)2-5(13)3-7(8)15-10(4)12/h4-9H,1-3H3;2-3H,1H3. The van der Waals surface area contributed by atoms with E-state index in [4.69, 9.17) is 34.8 Å². The molecule has 0 aliphatic heterocycles. The van der Waals surface area contributed by atoms with Gasteiger partial charge in [-0.15, -0.1) is 0 Å². The van der Waals surface area contributed by atoms with Gasteiger partial charge in [0.25, 0.3) is 0 Å². The molecule has 0 saturated heterocycles. The Morgan fingerprint density at radius 2 is 1.24 bits per heavy atom. The lowest BCUT2D eigenvalue weighted by atomic mass is 10.0. The summed E-state index contributed by atoms with van der Waals surface area (Å²) in [4.78, 5) is 12.7. The molecule has 0 unspecified atom stereocenters. The molecule has 196 valence electrons. The monoisotopic (exact) mass is 579 g/mol. The molecule has 0 aliphatic rings. The second-order valence-corrected chi connectivity index (χ2v) is 10.0. The van der Waals surface area contributed by atoms with Crippen LogP contribution in [0.3, 0.4) is 0 Å². The van der Waals surface area contributed by atoms with Gasteiger partial charge >= 0.3 is 0 Å². The summed E-state index contributed by atoms with van der Waals surface area (Å²) in [6.45, 7) is 7.51. The minimum atomic E-state index is -0.734. The fourth-order valence-electron chi connectivity index (χ4n) is 3.86. The lowest BCUT2D eigenvalue weighted by Crippen LogP contribution is -1.97. The third-order valence-corrected chi connectivity index (χ3v) is 7.25. The van der Waals surface area contributed by atoms with Crippen molar-refractivity contribution in [3.8, 4) is 11.3 Å². The highest BCUT2D eigenvalue weighted by molar-refractivity contribution is 6.39. The SMILES string of the molecule is Cc1c(-c2ccc(C(C)C)nc2)nc2cc(F)cc(F)c2c1Cl.Cc1c(Cl)nc2cc(F)cc(F)c2c1Cl. The average molecular weight is 581 g/mol. The summed E-state index contributed by atoms with van der Waals surface area (Å²) in [5, 5.41) is 0.802. The fourth-order valence-corrected chi connectivity index (χ4v) is 4.65. The number of hydrogen-bond acceptors (Lipinski definition) is 3. The predicted molar refractivity (Wildman–Crippen MR) is 145 cm³/mol. The van der Waals surface area contributed by atoms with Gasteiger partial charge in [0, 0.05) is 47.3 Å². The van der Waals surface area contributed by atoms with Crippen LogP contribution in [0.15, 0.2) is 42.6 Å². The van der Waals surface area contributed by atoms with Crippen molar-refractivity contribution < 1.29 is 17.6 Å². The van der Waals surface area contributed by atoms with Crippen molar-refractivity contribution >= 4 is 56.6 Å². The first-order valence-electron chi connectivity index (χ1n) is 11.4. The summed E-state index contributed by atoms with van der Waals surface area (Å²) >= 11 is 18.0. The largest absolute Gasteiger partial charge is 0.260 e. The number of benzene rings is 2. The molecule has 0 N–H and O–H groups in total. The Balaban J connectivity index is 0.000000194. The van der Waals surface area contributed by atoms with Gasteiger partial charge in [0.05, 0.1) is 37.5 Å². The first kappa shape index (κ1) is 28.0. The highest BCUT2D eigenvalue weighted by Crippen LogP contribution is 2.35. The normalized spacial score (nSPS) is 11.3. The maximum absolute atomic E-state index is 14.0. The van der Waals surface area contributed by atoms with E-state index < -0.39 is 23.3 Å². The van der Waals surface area contributed by atoms with Crippen molar-refractivity contribution in [3.05, 3.63) is 97.9 Å². The van der Waals surface area contributed by atoms with Crippen LogP contribution in [0, 0.1) is 37.1 Å². The molecule has 2 aromatic carbocycles. The summed E-state index contributed by atoms with van der Waals surface area (Å²) in [7, 11) is 0. The molecule has 0 spiro atoms. The number of fused-ring (bicyclic) bond motifs is 2. The van der Waals surface area contributed by atoms with Gasteiger partial charge in [0.1, 0.15) is 28.4 Å². The van der Waals surface area contributed by atoms with E-state index in [1.165, 1.54) is 6.07 Å². The first-order valence-corrected chi connectivity index (χ1v) is 12.5. The van der Waals surface area contributed by atoms with Crippen LogP contribution < -0.4 is 0 Å². The van der Waals surface area contributed by atoms with Crippen LogP contribution in [0.25, 0.3) is 33.1 Å². The maximum atomic E-state index is 14.0. The van der Waals surface area contributed by atoms with Crippen molar-refractivity contribution in [2.45, 2.75) is 33.6 Å². The Kier molecular flexibility index (Phi) is 8.12. The summed E-state index contributed by atoms with van der Waals surface area (Å²) in [5.74, 6) is -2.51. The zero-order valence-corrected chi connectivity index (χ0v) is 22.9. The van der Waals surface area contributed by atoms with Crippen LogP contribution in [0.1, 0.15) is 36.6 Å². The van der Waals surface area contributed by atoms with Gasteiger partial charge in [0.15, 0.2) is 0 Å². The molecule has 10 heteroatoms. The topological polar surface area (TPSA) is 38.7 Å². The minimum absolute atomic E-state index is 0.0972. The molecule has 3 aromatic heterocycles. The predicted octanol–water partition coefficient (Wildman–Crippen LogP) is 9.79. The van der Waals surface area contributed by atoms with E-state index in [1.807, 2.05) is 12.1 Å². The van der Waals surface area contributed by atoms with Crippen LogP contribution >= 0.6 is 34.8 Å². The molecule has 0 saturated carbocycles. The van der Waals surface area contributed by atoms with E-state index in [2.05, 4.69) is 28.8 Å². The number of halogens is 7. The molecule has 0 fully saturated rings. The van der Waals surface area contributed by atoms with Crippen LogP contribution in [0.5, 0.6) is 0 Å². The van der Waals surface area contributed by atoms with Crippen molar-refractivity contribution in [2.24, 2.45) is 0 Å². The third kappa shape index (κ3) is 5.41. The lowest BCUT2D eigenvalue weighted by molar-refractivity contribution is 0.590. The minimum Gasteiger partial charge on any atom is -0.260 e. The third-order valence-electron chi connectivity index (χ3n) is 5.93. The molecule has 3 heterocycles. The smallest absolute Gasteiger partial charge is 0.137 e. The lowest BCUT2D eigenvalue weighted by Gasteiger charge is -2.12. The van der Waals surface area contributed by atoms with Crippen LogP contribution in [0.4, 0.5) is 17.6 Å². The van der Waals surface area contributed by atoms with Gasteiger partial charge < -0.3 is 0 Å². The van der Waals surface area contributed by atoms with Crippen molar-refractivity contribution in [2.75, 3.05) is 0 Å². The molecule has 5 aromatic rings. The van der Waals surface area contributed by atoms with Crippen LogP contribution in [0.2, 0.25) is 15.2 Å². The van der Waals surface area contributed by atoms with E-state index in [-0.39, 0.29) is 37.0 Å². The highest BCUT2D eigenvalue weighted by Gasteiger charge is 2.17. The second-order valence-electron chi connectivity index (χ2n) is 8.93. The fraction of sp³-hybridized carbons (Fsp3) is 0.179. The molecule has 5 rings (SSSR count). The summed E-state index contributed by atoms with van der Waals surface area (Å²) in [5.41, 5.74) is 3.75. The van der Waals surface area contributed by atoms with Crippen LogP contribution in [-0.4, -0.2) is 15.0 Å². The molecule has 0 amide bonds. The molecule has 0 aliphatic carbocycles. The maximum Gasteiger partial charge on any atom is 0.137 e. The molecular formula is C28H20Cl3F4N3. The van der Waals surface area contributed by atoms with Crippen molar-refractivity contribution in [3.63, 3.8) is 0 Å². The Labute approximate surface area is 231 Å². The summed E-state index contributed by atoms with van der Waals surface area (Å²) in [6.07, 6.45) is 1.71. The molecular weight excluding hydrogens is 561 g/mol. The average Bonchev–Trinajstić information content (AvgIpc) is 2.84. The Hall–Kier alpha value is -3.00. The zero-order valence-electron chi connectivity index (χ0n) is 20.6. The van der Waals surface area contributed by atoms with Crippen LogP contribution in [-0.2, 0) is 0 Å². The number of nitrogens with zero attached hydrogens (tertiary/aromatic N) is 3. The van der Waals surface area contributed by atoms with Gasteiger partial charge in [-0.25, -0.2) is 27.5 Å². The highest BCUT2D eigenvalue weighted by atomic mass is 35.5. The van der Waals surface area contributed by atoms with Gasteiger partial charge in [-0.3, -0.25) is 4.98 Å². The van der Waals surface area contributed by atoms with Gasteiger partial charge in [0.2, 0.25) is 0 Å².